The molecule has 5 rings (SSSR count). The lowest BCUT2D eigenvalue weighted by Crippen LogP contribution is -2.29. The van der Waals surface area contributed by atoms with Crippen molar-refractivity contribution in [1.29, 1.82) is 0 Å². The molecule has 0 atom stereocenters. The van der Waals surface area contributed by atoms with Crippen molar-refractivity contribution in [3.05, 3.63) is 47.5 Å². The fourth-order valence-corrected chi connectivity index (χ4v) is 3.91. The number of anilines is 2. The summed E-state index contributed by atoms with van der Waals surface area (Å²) in [6, 6.07) is 3.62. The summed E-state index contributed by atoms with van der Waals surface area (Å²) < 4.78 is 71.3. The zero-order valence-corrected chi connectivity index (χ0v) is 18.2. The van der Waals surface area contributed by atoms with Crippen LogP contribution in [0.15, 0.2) is 28.7 Å². The molecule has 0 radical (unpaired) electrons. The second kappa shape index (κ2) is 9.36. The summed E-state index contributed by atoms with van der Waals surface area (Å²) in [4.78, 5) is 17.6. The van der Waals surface area contributed by atoms with Gasteiger partial charge >= 0.3 is 12.2 Å². The van der Waals surface area contributed by atoms with E-state index in [9.17, 15) is 18.0 Å². The highest BCUT2D eigenvalue weighted by molar-refractivity contribution is 5.80. The van der Waals surface area contributed by atoms with Gasteiger partial charge in [-0.25, -0.2) is 27.3 Å². The first-order valence-corrected chi connectivity index (χ1v) is 10.8. The molecule has 1 aliphatic carbocycles. The van der Waals surface area contributed by atoms with Crippen LogP contribution in [0.1, 0.15) is 25.7 Å². The number of fused-ring (bicyclic) bond motifs is 1. The van der Waals surface area contributed by atoms with Crippen molar-refractivity contribution in [1.82, 2.24) is 20.2 Å². The van der Waals surface area contributed by atoms with Crippen molar-refractivity contribution in [2.24, 2.45) is 0 Å². The molecule has 2 aromatic heterocycles. The third-order valence-electron chi connectivity index (χ3n) is 5.62. The van der Waals surface area contributed by atoms with E-state index >= 15 is 4.39 Å². The number of nitrogens with one attached hydrogen (secondary N) is 2. The molecular formula is C22H17F4N5O5. The van der Waals surface area contributed by atoms with Crippen LogP contribution in [0.4, 0.5) is 34.1 Å². The van der Waals surface area contributed by atoms with Gasteiger partial charge in [-0.2, -0.15) is 0 Å². The smallest absolute Gasteiger partial charge is 0.487 e. The molecule has 1 aliphatic rings. The van der Waals surface area contributed by atoms with Crippen molar-refractivity contribution in [3.8, 4) is 17.5 Å². The maximum absolute atomic E-state index is 15.1. The Bertz CT molecular complexity index is 1430. The normalized spacial score (nSPS) is 17.8. The number of imidazole rings is 1. The van der Waals surface area contributed by atoms with E-state index in [1.165, 1.54) is 6.07 Å². The van der Waals surface area contributed by atoms with Crippen molar-refractivity contribution in [2.75, 3.05) is 5.32 Å². The van der Waals surface area contributed by atoms with E-state index in [2.05, 4.69) is 25.5 Å². The summed E-state index contributed by atoms with van der Waals surface area (Å²) in [5, 5.41) is 18.5. The van der Waals surface area contributed by atoms with E-state index in [1.54, 1.807) is 6.07 Å². The molecule has 0 bridgehead atoms. The zero-order chi connectivity index (χ0) is 25.4. The lowest BCUT2D eigenvalue weighted by Gasteiger charge is -2.28. The maximum Gasteiger partial charge on any atom is 0.506 e. The number of halogens is 4. The molecule has 0 aliphatic heterocycles. The molecular weight excluding hydrogens is 490 g/mol. The van der Waals surface area contributed by atoms with Gasteiger partial charge in [0.2, 0.25) is 0 Å². The molecule has 188 valence electrons. The predicted octanol–water partition coefficient (Wildman–Crippen LogP) is 5.30. The Kier molecular flexibility index (Phi) is 6.08. The van der Waals surface area contributed by atoms with Gasteiger partial charge in [0.1, 0.15) is 17.4 Å². The monoisotopic (exact) mass is 507 g/mol. The van der Waals surface area contributed by atoms with Crippen LogP contribution in [-0.2, 0) is 4.74 Å². The number of aromatic nitrogens is 4. The van der Waals surface area contributed by atoms with Gasteiger partial charge in [0.05, 0.1) is 17.3 Å². The van der Waals surface area contributed by atoms with Crippen molar-refractivity contribution in [2.45, 2.75) is 37.9 Å². The Morgan fingerprint density at radius 2 is 1.75 bits per heavy atom. The van der Waals surface area contributed by atoms with Crippen LogP contribution >= 0.6 is 0 Å². The summed E-state index contributed by atoms with van der Waals surface area (Å²) in [5.41, 5.74) is -0.164. The molecule has 3 N–H and O–H groups in total. The number of benzene rings is 2. The van der Waals surface area contributed by atoms with E-state index in [4.69, 9.17) is 19.0 Å². The third-order valence-corrected chi connectivity index (χ3v) is 5.62. The third kappa shape index (κ3) is 4.74. The van der Waals surface area contributed by atoms with Crippen LogP contribution < -0.4 is 10.1 Å². The predicted molar refractivity (Wildman–Crippen MR) is 115 cm³/mol. The Hall–Kier alpha value is -4.36. The van der Waals surface area contributed by atoms with Gasteiger partial charge in [-0.3, -0.25) is 0 Å². The highest BCUT2D eigenvalue weighted by atomic mass is 19.2. The summed E-state index contributed by atoms with van der Waals surface area (Å²) in [6.07, 6.45) is -0.119. The zero-order valence-electron chi connectivity index (χ0n) is 18.2. The van der Waals surface area contributed by atoms with Gasteiger partial charge in [0.25, 0.3) is 5.89 Å². The Labute approximate surface area is 199 Å². The van der Waals surface area contributed by atoms with E-state index in [-0.39, 0.29) is 35.1 Å². The van der Waals surface area contributed by atoms with Crippen molar-refractivity contribution >= 4 is 28.9 Å². The van der Waals surface area contributed by atoms with Crippen LogP contribution in [0.2, 0.25) is 0 Å². The lowest BCUT2D eigenvalue weighted by molar-refractivity contribution is 0.0147. The fourth-order valence-electron chi connectivity index (χ4n) is 3.91. The molecule has 0 spiro atoms. The SMILES string of the molecule is O=C(O)OC1CCC(Oc2ccc3[nH]c(-c4nnc(Nc5cc(F)c(F)cc5F)o4)nc3c2F)CC1. The molecule has 2 heterocycles. The van der Waals surface area contributed by atoms with Gasteiger partial charge in [-0.05, 0) is 37.8 Å². The average molecular weight is 507 g/mol. The number of ether oxygens (including phenoxy) is 2. The number of carbonyl (C=O) groups is 1. The molecule has 4 aromatic rings. The van der Waals surface area contributed by atoms with Crippen LogP contribution in [0.25, 0.3) is 22.7 Å². The Morgan fingerprint density at radius 3 is 2.50 bits per heavy atom. The Morgan fingerprint density at radius 1 is 1.03 bits per heavy atom. The molecule has 36 heavy (non-hydrogen) atoms. The largest absolute Gasteiger partial charge is 0.506 e. The first-order valence-electron chi connectivity index (χ1n) is 10.8. The van der Waals surface area contributed by atoms with Gasteiger partial charge < -0.3 is 29.3 Å². The van der Waals surface area contributed by atoms with E-state index < -0.39 is 41.2 Å². The van der Waals surface area contributed by atoms with E-state index in [0.717, 1.165) is 0 Å². The summed E-state index contributed by atoms with van der Waals surface area (Å²) in [6.45, 7) is 0. The van der Waals surface area contributed by atoms with Crippen LogP contribution in [0.3, 0.4) is 0 Å². The summed E-state index contributed by atoms with van der Waals surface area (Å²) in [5.74, 6) is -4.60. The molecule has 2 aromatic carbocycles. The van der Waals surface area contributed by atoms with Crippen LogP contribution in [-0.4, -0.2) is 43.6 Å². The topological polar surface area (TPSA) is 135 Å². The second-order valence-electron chi connectivity index (χ2n) is 8.04. The quantitative estimate of drug-likeness (QED) is 0.181. The summed E-state index contributed by atoms with van der Waals surface area (Å²) in [7, 11) is 0. The van der Waals surface area contributed by atoms with E-state index in [1.807, 2.05) is 0 Å². The number of aromatic amines is 1. The van der Waals surface area contributed by atoms with Crippen molar-refractivity contribution < 1.29 is 41.4 Å². The van der Waals surface area contributed by atoms with Gasteiger partial charge in [-0.1, -0.05) is 5.10 Å². The van der Waals surface area contributed by atoms with Crippen LogP contribution in [0.5, 0.6) is 5.75 Å². The molecule has 0 amide bonds. The minimum atomic E-state index is -1.35. The number of carboxylic acid groups (broad SMARTS) is 1. The number of nitrogens with zero attached hydrogens (tertiary/aromatic N) is 3. The average Bonchev–Trinajstić information content (AvgIpc) is 3.48. The van der Waals surface area contributed by atoms with Gasteiger partial charge in [0, 0.05) is 12.1 Å². The van der Waals surface area contributed by atoms with Gasteiger partial charge in [0.15, 0.2) is 29.0 Å². The molecule has 10 nitrogen and oxygen atoms in total. The van der Waals surface area contributed by atoms with E-state index in [0.29, 0.717) is 43.3 Å². The summed E-state index contributed by atoms with van der Waals surface area (Å²) >= 11 is 0. The van der Waals surface area contributed by atoms with Crippen molar-refractivity contribution in [3.63, 3.8) is 0 Å². The molecule has 0 saturated heterocycles. The minimum absolute atomic E-state index is 0.0127. The first kappa shape index (κ1) is 23.4. The first-order chi connectivity index (χ1) is 17.3. The van der Waals surface area contributed by atoms with Crippen LogP contribution in [0, 0.1) is 23.3 Å². The fraction of sp³-hybridized carbons (Fsp3) is 0.273. The number of H-pyrrole nitrogens is 1. The highest BCUT2D eigenvalue weighted by Crippen LogP contribution is 2.32. The number of rotatable bonds is 6. The Balaban J connectivity index is 1.30. The molecule has 0 unspecified atom stereocenters. The highest BCUT2D eigenvalue weighted by Gasteiger charge is 2.26. The maximum atomic E-state index is 15.1. The molecule has 1 saturated carbocycles. The molecule has 1 fully saturated rings. The lowest BCUT2D eigenvalue weighted by atomic mass is 9.95. The molecule has 14 heteroatoms. The number of hydrogen-bond acceptors (Lipinski definition) is 8. The second-order valence-corrected chi connectivity index (χ2v) is 8.04. The van der Waals surface area contributed by atoms with Gasteiger partial charge in [-0.15, -0.1) is 5.10 Å². The standard InChI is InChI=1S/C22H17F4N5O5/c23-11-7-13(25)15(8-12(11)24)28-21-31-30-20(36-21)19-27-14-5-6-16(17(26)18(14)29-19)34-9-1-3-10(4-2-9)35-22(32)33/h5-10H,1-4H2,(H,27,29)(H,28,31)(H,32,33). The number of hydrogen-bond donors (Lipinski definition) is 3. The minimum Gasteiger partial charge on any atom is -0.487 e.